The Hall–Kier alpha value is -2.29. The van der Waals surface area contributed by atoms with Gasteiger partial charge in [0.2, 0.25) is 0 Å². The maximum Gasteiger partial charge on any atom is 0.147 e. The molecule has 3 aromatic rings. The fourth-order valence-corrected chi connectivity index (χ4v) is 1.98. The van der Waals surface area contributed by atoms with Gasteiger partial charge in [0.15, 0.2) is 0 Å². The molecule has 0 aliphatic heterocycles. The minimum Gasteiger partial charge on any atom is -0.487 e. The summed E-state index contributed by atoms with van der Waals surface area (Å²) in [6.07, 6.45) is 0. The monoisotopic (exact) mass is 238 g/mol. The van der Waals surface area contributed by atoms with Gasteiger partial charge in [-0.1, -0.05) is 36.4 Å². The van der Waals surface area contributed by atoms with Crippen molar-refractivity contribution in [2.24, 2.45) is 0 Å². The third kappa shape index (κ3) is 2.07. The van der Waals surface area contributed by atoms with Crippen molar-refractivity contribution in [2.45, 2.75) is 13.5 Å². The van der Waals surface area contributed by atoms with Crippen LogP contribution in [0.3, 0.4) is 0 Å². The van der Waals surface area contributed by atoms with Crippen LogP contribution in [0.2, 0.25) is 0 Å². The first-order chi connectivity index (χ1) is 8.83. The molecule has 0 amide bonds. The van der Waals surface area contributed by atoms with Crippen molar-refractivity contribution < 1.29 is 4.74 Å². The van der Waals surface area contributed by atoms with Crippen LogP contribution in [0.1, 0.15) is 11.4 Å². The SMILES string of the molecule is Cc1nc2c(OCc3ccccc3)cccc2[nH]1. The Kier molecular flexibility index (Phi) is 2.73. The summed E-state index contributed by atoms with van der Waals surface area (Å²) in [6, 6.07) is 16.1. The molecule has 0 atom stereocenters. The number of aromatic amines is 1. The summed E-state index contributed by atoms with van der Waals surface area (Å²) in [5.41, 5.74) is 3.06. The van der Waals surface area contributed by atoms with E-state index < -0.39 is 0 Å². The van der Waals surface area contributed by atoms with Gasteiger partial charge >= 0.3 is 0 Å². The molecule has 0 aliphatic carbocycles. The number of H-pyrrole nitrogens is 1. The standard InChI is InChI=1S/C15H14N2O/c1-11-16-13-8-5-9-14(15(13)17-11)18-10-12-6-3-2-4-7-12/h2-9H,10H2,1H3,(H,16,17). The lowest BCUT2D eigenvalue weighted by molar-refractivity contribution is 0.309. The number of nitrogens with one attached hydrogen (secondary N) is 1. The van der Waals surface area contributed by atoms with Crippen LogP contribution in [-0.2, 0) is 6.61 Å². The summed E-state index contributed by atoms with van der Waals surface area (Å²) in [7, 11) is 0. The van der Waals surface area contributed by atoms with Crippen molar-refractivity contribution in [3.8, 4) is 5.75 Å². The van der Waals surface area contributed by atoms with E-state index in [2.05, 4.69) is 22.1 Å². The molecule has 0 aliphatic rings. The number of rotatable bonds is 3. The third-order valence-electron chi connectivity index (χ3n) is 2.83. The highest BCUT2D eigenvalue weighted by Crippen LogP contribution is 2.24. The van der Waals surface area contributed by atoms with E-state index in [1.54, 1.807) is 0 Å². The molecular weight excluding hydrogens is 224 g/mol. The smallest absolute Gasteiger partial charge is 0.147 e. The van der Waals surface area contributed by atoms with E-state index >= 15 is 0 Å². The van der Waals surface area contributed by atoms with Crippen LogP contribution in [0.4, 0.5) is 0 Å². The summed E-state index contributed by atoms with van der Waals surface area (Å²) < 4.78 is 5.84. The second-order valence-electron chi connectivity index (χ2n) is 4.25. The van der Waals surface area contributed by atoms with E-state index in [-0.39, 0.29) is 0 Å². The van der Waals surface area contributed by atoms with Crippen LogP contribution in [-0.4, -0.2) is 9.97 Å². The number of nitrogens with zero attached hydrogens (tertiary/aromatic N) is 1. The molecule has 0 saturated carbocycles. The van der Waals surface area contributed by atoms with Crippen LogP contribution in [0.15, 0.2) is 48.5 Å². The van der Waals surface area contributed by atoms with Crippen molar-refractivity contribution in [2.75, 3.05) is 0 Å². The van der Waals surface area contributed by atoms with Gasteiger partial charge in [0.05, 0.1) is 5.52 Å². The number of benzene rings is 2. The molecule has 0 saturated heterocycles. The zero-order chi connectivity index (χ0) is 12.4. The minimum absolute atomic E-state index is 0.561. The molecule has 3 rings (SSSR count). The van der Waals surface area contributed by atoms with Gasteiger partial charge in [-0.25, -0.2) is 4.98 Å². The highest BCUT2D eigenvalue weighted by molar-refractivity contribution is 5.81. The summed E-state index contributed by atoms with van der Waals surface area (Å²) in [5, 5.41) is 0. The number of hydrogen-bond donors (Lipinski definition) is 1. The maximum absolute atomic E-state index is 5.84. The van der Waals surface area contributed by atoms with E-state index in [0.29, 0.717) is 6.61 Å². The number of hydrogen-bond acceptors (Lipinski definition) is 2. The van der Waals surface area contributed by atoms with Gasteiger partial charge in [-0.3, -0.25) is 0 Å². The molecule has 1 aromatic heterocycles. The molecule has 0 fully saturated rings. The molecular formula is C15H14N2O. The Balaban J connectivity index is 1.86. The van der Waals surface area contributed by atoms with Gasteiger partial charge in [0, 0.05) is 0 Å². The predicted octanol–water partition coefficient (Wildman–Crippen LogP) is 3.45. The van der Waals surface area contributed by atoms with Crippen molar-refractivity contribution in [1.82, 2.24) is 9.97 Å². The van der Waals surface area contributed by atoms with Crippen LogP contribution < -0.4 is 4.74 Å². The molecule has 3 heteroatoms. The lowest BCUT2D eigenvalue weighted by Gasteiger charge is -2.06. The fourth-order valence-electron chi connectivity index (χ4n) is 1.98. The zero-order valence-electron chi connectivity index (χ0n) is 10.2. The number of aromatic nitrogens is 2. The molecule has 1 heterocycles. The number of aryl methyl sites for hydroxylation is 1. The Morgan fingerprint density at radius 1 is 1.06 bits per heavy atom. The largest absolute Gasteiger partial charge is 0.487 e. The van der Waals surface area contributed by atoms with Gasteiger partial charge in [-0.2, -0.15) is 0 Å². The summed E-state index contributed by atoms with van der Waals surface area (Å²) in [6.45, 7) is 2.51. The molecule has 2 aromatic carbocycles. The zero-order valence-corrected chi connectivity index (χ0v) is 10.2. The van der Waals surface area contributed by atoms with Gasteiger partial charge in [0.25, 0.3) is 0 Å². The third-order valence-corrected chi connectivity index (χ3v) is 2.83. The lowest BCUT2D eigenvalue weighted by atomic mass is 10.2. The van der Waals surface area contributed by atoms with Crippen LogP contribution in [0, 0.1) is 6.92 Å². The average Bonchev–Trinajstić information content (AvgIpc) is 2.78. The Bertz CT molecular complexity index is 659. The number of para-hydroxylation sites is 1. The molecule has 0 unspecified atom stereocenters. The molecule has 1 N–H and O–H groups in total. The van der Waals surface area contributed by atoms with Crippen LogP contribution in [0.5, 0.6) is 5.75 Å². The maximum atomic E-state index is 5.84. The Labute approximate surface area is 105 Å². The van der Waals surface area contributed by atoms with Crippen molar-refractivity contribution in [3.05, 3.63) is 59.9 Å². The van der Waals surface area contributed by atoms with Gasteiger partial charge in [-0.15, -0.1) is 0 Å². The summed E-state index contributed by atoms with van der Waals surface area (Å²) >= 11 is 0. The first-order valence-corrected chi connectivity index (χ1v) is 5.95. The molecule has 0 spiro atoms. The normalized spacial score (nSPS) is 10.7. The Morgan fingerprint density at radius 3 is 2.72 bits per heavy atom. The highest BCUT2D eigenvalue weighted by Gasteiger charge is 2.06. The molecule has 18 heavy (non-hydrogen) atoms. The molecule has 90 valence electrons. The number of fused-ring (bicyclic) bond motifs is 1. The van der Waals surface area contributed by atoms with E-state index in [9.17, 15) is 0 Å². The second kappa shape index (κ2) is 4.53. The first-order valence-electron chi connectivity index (χ1n) is 5.95. The molecule has 3 nitrogen and oxygen atoms in total. The van der Waals surface area contributed by atoms with Crippen molar-refractivity contribution in [3.63, 3.8) is 0 Å². The van der Waals surface area contributed by atoms with E-state index in [4.69, 9.17) is 4.74 Å². The van der Waals surface area contributed by atoms with Crippen molar-refractivity contribution >= 4 is 11.0 Å². The van der Waals surface area contributed by atoms with Crippen LogP contribution >= 0.6 is 0 Å². The van der Waals surface area contributed by atoms with Gasteiger partial charge < -0.3 is 9.72 Å². The minimum atomic E-state index is 0.561. The van der Waals surface area contributed by atoms with Crippen molar-refractivity contribution in [1.29, 1.82) is 0 Å². The van der Waals surface area contributed by atoms with Gasteiger partial charge in [0.1, 0.15) is 23.7 Å². The quantitative estimate of drug-likeness (QED) is 0.759. The lowest BCUT2D eigenvalue weighted by Crippen LogP contribution is -1.95. The first kappa shape index (κ1) is 10.8. The van der Waals surface area contributed by atoms with E-state index in [0.717, 1.165) is 28.2 Å². The van der Waals surface area contributed by atoms with Crippen LogP contribution in [0.25, 0.3) is 11.0 Å². The van der Waals surface area contributed by atoms with E-state index in [1.807, 2.05) is 43.3 Å². The average molecular weight is 238 g/mol. The van der Waals surface area contributed by atoms with E-state index in [1.165, 1.54) is 0 Å². The summed E-state index contributed by atoms with van der Waals surface area (Å²) in [4.78, 5) is 7.65. The molecule has 0 bridgehead atoms. The predicted molar refractivity (Wildman–Crippen MR) is 71.6 cm³/mol. The second-order valence-corrected chi connectivity index (χ2v) is 4.25. The Morgan fingerprint density at radius 2 is 1.89 bits per heavy atom. The topological polar surface area (TPSA) is 37.9 Å². The highest BCUT2D eigenvalue weighted by atomic mass is 16.5. The number of ether oxygens (including phenoxy) is 1. The fraction of sp³-hybridized carbons (Fsp3) is 0.133. The summed E-state index contributed by atoms with van der Waals surface area (Å²) in [5.74, 6) is 1.72. The number of imidazole rings is 1. The van der Waals surface area contributed by atoms with Gasteiger partial charge in [-0.05, 0) is 24.6 Å². The molecule has 0 radical (unpaired) electrons.